The van der Waals surface area contributed by atoms with E-state index >= 15 is 0 Å². The monoisotopic (exact) mass is 297 g/mol. The molecule has 0 unspecified atom stereocenters. The largest absolute Gasteiger partial charge is 0.416 e. The molecule has 3 rings (SSSR count). The Balaban J connectivity index is 1.96. The number of hydrogen-bond acceptors (Lipinski definition) is 4. The SMILES string of the molecule is FC(F)(F)c1cccc(-c2oncc2N2CCNCC2)c1. The van der Waals surface area contributed by atoms with Crippen molar-refractivity contribution in [1.82, 2.24) is 10.5 Å². The number of halogens is 3. The zero-order valence-electron chi connectivity index (χ0n) is 11.2. The number of nitrogens with zero attached hydrogens (tertiary/aromatic N) is 2. The normalized spacial score (nSPS) is 16.2. The van der Waals surface area contributed by atoms with Crippen LogP contribution < -0.4 is 10.2 Å². The van der Waals surface area contributed by atoms with E-state index in [4.69, 9.17) is 4.52 Å². The Kier molecular flexibility index (Phi) is 3.59. The molecule has 0 aliphatic carbocycles. The summed E-state index contributed by atoms with van der Waals surface area (Å²) >= 11 is 0. The highest BCUT2D eigenvalue weighted by molar-refractivity contribution is 5.73. The summed E-state index contributed by atoms with van der Waals surface area (Å²) in [6.45, 7) is 3.20. The number of benzene rings is 1. The van der Waals surface area contributed by atoms with Gasteiger partial charge in [0.2, 0.25) is 0 Å². The van der Waals surface area contributed by atoms with Crippen LogP contribution in [0.1, 0.15) is 5.56 Å². The van der Waals surface area contributed by atoms with Gasteiger partial charge in [0.15, 0.2) is 5.76 Å². The molecule has 0 radical (unpaired) electrons. The van der Waals surface area contributed by atoms with Gasteiger partial charge in [0, 0.05) is 31.7 Å². The van der Waals surface area contributed by atoms with E-state index in [0.717, 1.165) is 44.0 Å². The van der Waals surface area contributed by atoms with Gasteiger partial charge in [0.1, 0.15) is 5.69 Å². The summed E-state index contributed by atoms with van der Waals surface area (Å²) < 4.78 is 43.6. The van der Waals surface area contributed by atoms with Crippen molar-refractivity contribution in [2.24, 2.45) is 0 Å². The molecule has 2 aromatic rings. The van der Waals surface area contributed by atoms with Gasteiger partial charge < -0.3 is 14.7 Å². The molecule has 7 heteroatoms. The second kappa shape index (κ2) is 5.40. The standard InChI is InChI=1S/C14H14F3N3O/c15-14(16,17)11-3-1-2-10(8-11)13-12(9-19-21-13)20-6-4-18-5-7-20/h1-3,8-9,18H,4-7H2. The summed E-state index contributed by atoms with van der Waals surface area (Å²) in [5.41, 5.74) is 0.425. The van der Waals surface area contributed by atoms with Crippen LogP contribution in [0.3, 0.4) is 0 Å². The Hall–Kier alpha value is -2.02. The van der Waals surface area contributed by atoms with Gasteiger partial charge in [-0.05, 0) is 12.1 Å². The molecule has 21 heavy (non-hydrogen) atoms. The van der Waals surface area contributed by atoms with Crippen LogP contribution in [0.2, 0.25) is 0 Å². The molecule has 0 atom stereocenters. The number of anilines is 1. The van der Waals surface area contributed by atoms with Gasteiger partial charge >= 0.3 is 6.18 Å². The van der Waals surface area contributed by atoms with Gasteiger partial charge in [-0.25, -0.2) is 0 Å². The lowest BCUT2D eigenvalue weighted by molar-refractivity contribution is -0.137. The lowest BCUT2D eigenvalue weighted by Crippen LogP contribution is -2.43. The van der Waals surface area contributed by atoms with Crippen LogP contribution in [0.25, 0.3) is 11.3 Å². The second-order valence-electron chi connectivity index (χ2n) is 4.86. The second-order valence-corrected chi connectivity index (χ2v) is 4.86. The fourth-order valence-electron chi connectivity index (χ4n) is 2.40. The van der Waals surface area contributed by atoms with Crippen molar-refractivity contribution in [3.8, 4) is 11.3 Å². The fraction of sp³-hybridized carbons (Fsp3) is 0.357. The topological polar surface area (TPSA) is 41.3 Å². The average Bonchev–Trinajstić information content (AvgIpc) is 2.97. The average molecular weight is 297 g/mol. The Labute approximate surface area is 119 Å². The zero-order valence-corrected chi connectivity index (χ0v) is 11.2. The van der Waals surface area contributed by atoms with Crippen LogP contribution >= 0.6 is 0 Å². The Morgan fingerprint density at radius 3 is 2.67 bits per heavy atom. The van der Waals surface area contributed by atoms with Crippen LogP contribution in [-0.2, 0) is 6.18 Å². The maximum atomic E-state index is 12.8. The summed E-state index contributed by atoms with van der Waals surface area (Å²) in [6, 6.07) is 5.11. The minimum atomic E-state index is -4.37. The van der Waals surface area contributed by atoms with Crippen LogP contribution in [0.5, 0.6) is 0 Å². The summed E-state index contributed by atoms with van der Waals surface area (Å²) in [5.74, 6) is 0.378. The van der Waals surface area contributed by atoms with Gasteiger partial charge in [0.25, 0.3) is 0 Å². The molecule has 1 aliphatic heterocycles. The Morgan fingerprint density at radius 1 is 1.19 bits per heavy atom. The first-order valence-electron chi connectivity index (χ1n) is 6.64. The molecule has 0 amide bonds. The zero-order chi connectivity index (χ0) is 14.9. The summed E-state index contributed by atoms with van der Waals surface area (Å²) in [5, 5.41) is 6.97. The van der Waals surface area contributed by atoms with Crippen LogP contribution in [-0.4, -0.2) is 31.3 Å². The van der Waals surface area contributed by atoms with Gasteiger partial charge in [-0.3, -0.25) is 0 Å². The van der Waals surface area contributed by atoms with Crippen molar-refractivity contribution in [3.05, 3.63) is 36.0 Å². The molecule has 4 nitrogen and oxygen atoms in total. The van der Waals surface area contributed by atoms with Crippen molar-refractivity contribution in [3.63, 3.8) is 0 Å². The molecule has 1 fully saturated rings. The molecular formula is C14H14F3N3O. The fourth-order valence-corrected chi connectivity index (χ4v) is 2.40. The molecule has 112 valence electrons. The molecule has 1 aliphatic rings. The van der Waals surface area contributed by atoms with Crippen molar-refractivity contribution < 1.29 is 17.7 Å². The Bertz CT molecular complexity index is 618. The summed E-state index contributed by atoms with van der Waals surface area (Å²) in [7, 11) is 0. The maximum Gasteiger partial charge on any atom is 0.416 e. The first-order chi connectivity index (χ1) is 10.1. The van der Waals surface area contributed by atoms with Crippen LogP contribution in [0, 0.1) is 0 Å². The number of nitrogens with one attached hydrogen (secondary N) is 1. The first-order valence-corrected chi connectivity index (χ1v) is 6.64. The lowest BCUT2D eigenvalue weighted by Gasteiger charge is -2.28. The first kappa shape index (κ1) is 13.9. The third-order valence-corrected chi connectivity index (χ3v) is 3.46. The van der Waals surface area contributed by atoms with Crippen molar-refractivity contribution in [2.75, 3.05) is 31.1 Å². The van der Waals surface area contributed by atoms with Gasteiger partial charge in [-0.15, -0.1) is 0 Å². The summed E-state index contributed by atoms with van der Waals surface area (Å²) in [4.78, 5) is 2.06. The molecule has 2 heterocycles. The molecule has 1 N–H and O–H groups in total. The lowest BCUT2D eigenvalue weighted by atomic mass is 10.1. The summed E-state index contributed by atoms with van der Waals surface area (Å²) in [6.07, 6.45) is -2.81. The van der Waals surface area contributed by atoms with E-state index in [1.54, 1.807) is 12.3 Å². The van der Waals surface area contributed by atoms with E-state index in [-0.39, 0.29) is 0 Å². The highest BCUT2D eigenvalue weighted by Crippen LogP contribution is 2.35. The van der Waals surface area contributed by atoms with E-state index in [2.05, 4.69) is 15.4 Å². The Morgan fingerprint density at radius 2 is 1.95 bits per heavy atom. The van der Waals surface area contributed by atoms with Crippen LogP contribution in [0.15, 0.2) is 35.0 Å². The minimum absolute atomic E-state index is 0.378. The molecule has 0 bridgehead atoms. The van der Waals surface area contributed by atoms with Crippen LogP contribution in [0.4, 0.5) is 18.9 Å². The molecule has 1 aromatic heterocycles. The number of rotatable bonds is 2. The predicted octanol–water partition coefficient (Wildman–Crippen LogP) is 2.77. The smallest absolute Gasteiger partial charge is 0.365 e. The number of piperazine rings is 1. The molecular weight excluding hydrogens is 283 g/mol. The van der Waals surface area contributed by atoms with E-state index < -0.39 is 11.7 Å². The number of alkyl halides is 3. The van der Waals surface area contributed by atoms with Crippen molar-refractivity contribution in [1.29, 1.82) is 0 Å². The predicted molar refractivity (Wildman–Crippen MR) is 72.0 cm³/mol. The quantitative estimate of drug-likeness (QED) is 0.925. The van der Waals surface area contributed by atoms with Crippen molar-refractivity contribution >= 4 is 5.69 Å². The highest BCUT2D eigenvalue weighted by atomic mass is 19.4. The van der Waals surface area contributed by atoms with E-state index in [0.29, 0.717) is 11.3 Å². The maximum absolute atomic E-state index is 12.8. The molecule has 0 saturated carbocycles. The van der Waals surface area contributed by atoms with Gasteiger partial charge in [-0.1, -0.05) is 17.3 Å². The molecule has 1 aromatic carbocycles. The molecule has 0 spiro atoms. The number of aromatic nitrogens is 1. The number of hydrogen-bond donors (Lipinski definition) is 1. The van der Waals surface area contributed by atoms with E-state index in [1.807, 2.05) is 0 Å². The third kappa shape index (κ3) is 2.87. The van der Waals surface area contributed by atoms with Gasteiger partial charge in [-0.2, -0.15) is 13.2 Å². The van der Waals surface area contributed by atoms with E-state index in [9.17, 15) is 13.2 Å². The van der Waals surface area contributed by atoms with Gasteiger partial charge in [0.05, 0.1) is 11.8 Å². The molecule has 1 saturated heterocycles. The van der Waals surface area contributed by atoms with E-state index in [1.165, 1.54) is 6.07 Å². The highest BCUT2D eigenvalue weighted by Gasteiger charge is 2.31. The third-order valence-electron chi connectivity index (χ3n) is 3.46. The minimum Gasteiger partial charge on any atom is -0.365 e. The van der Waals surface area contributed by atoms with Crippen molar-refractivity contribution in [2.45, 2.75) is 6.18 Å².